The Labute approximate surface area is 121 Å². The van der Waals surface area contributed by atoms with Crippen LogP contribution in [0.2, 0.25) is 0 Å². The van der Waals surface area contributed by atoms with Crippen LogP contribution in [-0.2, 0) is 4.79 Å². The lowest BCUT2D eigenvalue weighted by Gasteiger charge is -2.27. The topological polar surface area (TPSA) is 32.3 Å². The van der Waals surface area contributed by atoms with Gasteiger partial charge in [0.05, 0.1) is 5.92 Å². The van der Waals surface area contributed by atoms with Gasteiger partial charge in [0.2, 0.25) is 5.91 Å². The molecular formula is C15H23ClN2O. The molecule has 0 spiro atoms. The van der Waals surface area contributed by atoms with Crippen molar-refractivity contribution in [1.82, 2.24) is 5.32 Å². The number of nitrogens with one attached hydrogen (secondary N) is 1. The van der Waals surface area contributed by atoms with Crippen molar-refractivity contribution in [3.05, 3.63) is 29.3 Å². The van der Waals surface area contributed by atoms with E-state index in [9.17, 15) is 4.79 Å². The number of hydrogen-bond donors (Lipinski definition) is 1. The molecule has 4 heteroatoms. The van der Waals surface area contributed by atoms with Crippen LogP contribution in [0.15, 0.2) is 18.2 Å². The first kappa shape index (κ1) is 16.0. The van der Waals surface area contributed by atoms with Gasteiger partial charge in [0, 0.05) is 19.3 Å². The van der Waals surface area contributed by atoms with Crippen molar-refractivity contribution in [2.45, 2.75) is 26.7 Å². The molecule has 0 bridgehead atoms. The van der Waals surface area contributed by atoms with Crippen LogP contribution < -0.4 is 10.2 Å². The molecule has 1 unspecified atom stereocenters. The molecule has 1 amide bonds. The third-order valence-corrected chi connectivity index (χ3v) is 3.57. The van der Waals surface area contributed by atoms with Crippen molar-refractivity contribution in [2.24, 2.45) is 5.92 Å². The van der Waals surface area contributed by atoms with Crippen LogP contribution in [0.25, 0.3) is 0 Å². The predicted molar refractivity (Wildman–Crippen MR) is 82.2 cm³/mol. The summed E-state index contributed by atoms with van der Waals surface area (Å²) in [6.07, 6.45) is 2.10. The fourth-order valence-electron chi connectivity index (χ4n) is 2.61. The van der Waals surface area contributed by atoms with Gasteiger partial charge in [-0.25, -0.2) is 0 Å². The van der Waals surface area contributed by atoms with Crippen LogP contribution in [-0.4, -0.2) is 26.0 Å². The lowest BCUT2D eigenvalue weighted by Crippen LogP contribution is -2.41. The summed E-state index contributed by atoms with van der Waals surface area (Å²) in [5.74, 6) is 0.358. The molecule has 1 aliphatic rings. The summed E-state index contributed by atoms with van der Waals surface area (Å²) in [6, 6.07) is 6.27. The standard InChI is InChI=1S/C15H22N2O.ClH/c1-11-7-12(2)9-14(8-11)17(3)15(18)13-5-4-6-16-10-13;/h7-9,13,16H,4-6,10H2,1-3H3;1H. The summed E-state index contributed by atoms with van der Waals surface area (Å²) in [4.78, 5) is 14.2. The molecule has 19 heavy (non-hydrogen) atoms. The van der Waals surface area contributed by atoms with E-state index in [1.807, 2.05) is 7.05 Å². The van der Waals surface area contributed by atoms with Gasteiger partial charge >= 0.3 is 0 Å². The van der Waals surface area contributed by atoms with E-state index in [2.05, 4.69) is 37.4 Å². The summed E-state index contributed by atoms with van der Waals surface area (Å²) in [6.45, 7) is 5.99. The first-order chi connectivity index (χ1) is 8.58. The van der Waals surface area contributed by atoms with Crippen molar-refractivity contribution in [3.8, 4) is 0 Å². The lowest BCUT2D eigenvalue weighted by atomic mass is 9.98. The summed E-state index contributed by atoms with van der Waals surface area (Å²) in [7, 11) is 1.88. The van der Waals surface area contributed by atoms with E-state index in [0.717, 1.165) is 31.6 Å². The highest BCUT2D eigenvalue weighted by Gasteiger charge is 2.24. The van der Waals surface area contributed by atoms with E-state index < -0.39 is 0 Å². The number of anilines is 1. The zero-order chi connectivity index (χ0) is 13.1. The SMILES string of the molecule is Cc1cc(C)cc(N(C)C(=O)C2CCCNC2)c1.Cl. The molecular weight excluding hydrogens is 260 g/mol. The van der Waals surface area contributed by atoms with E-state index in [0.29, 0.717) is 0 Å². The molecule has 1 aromatic carbocycles. The zero-order valence-electron chi connectivity index (χ0n) is 11.9. The summed E-state index contributed by atoms with van der Waals surface area (Å²) in [5.41, 5.74) is 3.40. The molecule has 106 valence electrons. The maximum atomic E-state index is 12.4. The molecule has 0 aliphatic carbocycles. The van der Waals surface area contributed by atoms with Crippen molar-refractivity contribution in [3.63, 3.8) is 0 Å². The van der Waals surface area contributed by atoms with E-state index in [4.69, 9.17) is 0 Å². The molecule has 1 fully saturated rings. The van der Waals surface area contributed by atoms with Crippen molar-refractivity contribution >= 4 is 24.0 Å². The van der Waals surface area contributed by atoms with Gasteiger partial charge in [-0.15, -0.1) is 12.4 Å². The van der Waals surface area contributed by atoms with Gasteiger partial charge in [-0.2, -0.15) is 0 Å². The van der Waals surface area contributed by atoms with Gasteiger partial charge in [0.15, 0.2) is 0 Å². The number of benzene rings is 1. The van der Waals surface area contributed by atoms with E-state index in [1.165, 1.54) is 11.1 Å². The fraction of sp³-hybridized carbons (Fsp3) is 0.533. The third-order valence-electron chi connectivity index (χ3n) is 3.57. The first-order valence-corrected chi connectivity index (χ1v) is 6.64. The number of nitrogens with zero attached hydrogens (tertiary/aromatic N) is 1. The molecule has 0 aromatic heterocycles. The Kier molecular flexibility index (Phi) is 5.83. The van der Waals surface area contributed by atoms with Crippen LogP contribution in [0.1, 0.15) is 24.0 Å². The van der Waals surface area contributed by atoms with E-state index in [1.54, 1.807) is 4.90 Å². The van der Waals surface area contributed by atoms with Gasteiger partial charge in [0.25, 0.3) is 0 Å². The minimum Gasteiger partial charge on any atom is -0.316 e. The van der Waals surface area contributed by atoms with Crippen LogP contribution in [0.3, 0.4) is 0 Å². The Morgan fingerprint density at radius 2 is 1.89 bits per heavy atom. The molecule has 1 atom stereocenters. The van der Waals surface area contributed by atoms with Crippen LogP contribution in [0.5, 0.6) is 0 Å². The molecule has 1 aliphatic heterocycles. The van der Waals surface area contributed by atoms with Gasteiger partial charge in [0.1, 0.15) is 0 Å². The second-order valence-electron chi connectivity index (χ2n) is 5.29. The second kappa shape index (κ2) is 6.92. The number of halogens is 1. The normalized spacial score (nSPS) is 18.6. The number of piperidine rings is 1. The Bertz CT molecular complexity index is 422. The molecule has 0 saturated carbocycles. The van der Waals surface area contributed by atoms with Gasteiger partial charge in [-0.05, 0) is 56.5 Å². The minimum atomic E-state index is 0. The number of amides is 1. The quantitative estimate of drug-likeness (QED) is 0.905. The predicted octanol–water partition coefficient (Wildman–Crippen LogP) is 2.69. The molecule has 1 saturated heterocycles. The largest absolute Gasteiger partial charge is 0.316 e. The summed E-state index contributed by atoms with van der Waals surface area (Å²) < 4.78 is 0. The van der Waals surface area contributed by atoms with Gasteiger partial charge in [-0.3, -0.25) is 4.79 Å². The van der Waals surface area contributed by atoms with Gasteiger partial charge in [-0.1, -0.05) is 6.07 Å². The van der Waals surface area contributed by atoms with Gasteiger partial charge < -0.3 is 10.2 Å². The van der Waals surface area contributed by atoms with Crippen molar-refractivity contribution in [2.75, 3.05) is 25.0 Å². The highest BCUT2D eigenvalue weighted by Crippen LogP contribution is 2.21. The Morgan fingerprint density at radius 1 is 1.26 bits per heavy atom. The maximum absolute atomic E-state index is 12.4. The van der Waals surface area contributed by atoms with Crippen LogP contribution >= 0.6 is 12.4 Å². The Morgan fingerprint density at radius 3 is 2.42 bits per heavy atom. The zero-order valence-corrected chi connectivity index (χ0v) is 12.7. The molecule has 0 radical (unpaired) electrons. The summed E-state index contributed by atoms with van der Waals surface area (Å²) >= 11 is 0. The number of rotatable bonds is 2. The average Bonchev–Trinajstić information content (AvgIpc) is 2.37. The molecule has 3 nitrogen and oxygen atoms in total. The maximum Gasteiger partial charge on any atom is 0.231 e. The highest BCUT2D eigenvalue weighted by molar-refractivity contribution is 5.94. The number of aryl methyl sites for hydroxylation is 2. The number of carbonyl (C=O) groups is 1. The van der Waals surface area contributed by atoms with E-state index >= 15 is 0 Å². The van der Waals surface area contributed by atoms with Crippen LogP contribution in [0, 0.1) is 19.8 Å². The Hall–Kier alpha value is -1.06. The Balaban J connectivity index is 0.00000180. The first-order valence-electron chi connectivity index (χ1n) is 6.64. The monoisotopic (exact) mass is 282 g/mol. The van der Waals surface area contributed by atoms with Crippen molar-refractivity contribution in [1.29, 1.82) is 0 Å². The molecule has 1 heterocycles. The number of hydrogen-bond acceptors (Lipinski definition) is 2. The average molecular weight is 283 g/mol. The second-order valence-corrected chi connectivity index (χ2v) is 5.29. The fourth-order valence-corrected chi connectivity index (χ4v) is 2.61. The highest BCUT2D eigenvalue weighted by atomic mass is 35.5. The summed E-state index contributed by atoms with van der Waals surface area (Å²) in [5, 5.41) is 3.30. The smallest absolute Gasteiger partial charge is 0.231 e. The molecule has 1 aromatic rings. The van der Waals surface area contributed by atoms with Crippen LogP contribution in [0.4, 0.5) is 5.69 Å². The molecule has 1 N–H and O–H groups in total. The lowest BCUT2D eigenvalue weighted by molar-refractivity contribution is -0.122. The third kappa shape index (κ3) is 3.95. The minimum absolute atomic E-state index is 0. The molecule has 2 rings (SSSR count). The van der Waals surface area contributed by atoms with Crippen molar-refractivity contribution < 1.29 is 4.79 Å². The number of carbonyl (C=O) groups excluding carboxylic acids is 1. The van der Waals surface area contributed by atoms with E-state index in [-0.39, 0.29) is 24.2 Å².